The number of rotatable bonds is 4. The molecule has 1 saturated heterocycles. The average molecular weight is 473 g/mol. The van der Waals surface area contributed by atoms with E-state index in [1.165, 1.54) is 0 Å². The van der Waals surface area contributed by atoms with Gasteiger partial charge in [0.2, 0.25) is 12.0 Å². The molecule has 0 radical (unpaired) electrons. The van der Waals surface area contributed by atoms with Crippen LogP contribution in [0.1, 0.15) is 17.0 Å². The Morgan fingerprint density at radius 3 is 2.31 bits per heavy atom. The normalized spacial score (nSPS) is 17.6. The number of hydrogen-bond donors (Lipinski definition) is 0. The van der Waals surface area contributed by atoms with E-state index in [9.17, 15) is 9.59 Å². The molecule has 3 aromatic rings. The number of aromatic nitrogens is 2. The van der Waals surface area contributed by atoms with Crippen molar-refractivity contribution in [3.05, 3.63) is 77.6 Å². The first-order chi connectivity index (χ1) is 17.0. The van der Waals surface area contributed by atoms with Crippen molar-refractivity contribution in [2.45, 2.75) is 20.0 Å². The molecule has 0 aliphatic carbocycles. The molecule has 1 atom stereocenters. The first-order valence-electron chi connectivity index (χ1n) is 11.8. The zero-order valence-electron chi connectivity index (χ0n) is 19.9. The summed E-state index contributed by atoms with van der Waals surface area (Å²) in [6.07, 6.45) is 2.76. The molecule has 180 valence electrons. The van der Waals surface area contributed by atoms with Crippen molar-refractivity contribution in [1.82, 2.24) is 19.6 Å². The highest BCUT2D eigenvalue weighted by atomic mass is 16.6. The monoisotopic (exact) mass is 472 g/mol. The summed E-state index contributed by atoms with van der Waals surface area (Å²) >= 11 is 0. The van der Waals surface area contributed by atoms with Crippen molar-refractivity contribution in [2.24, 2.45) is 0 Å². The van der Waals surface area contributed by atoms with Crippen molar-refractivity contribution in [1.29, 1.82) is 0 Å². The lowest BCUT2D eigenvalue weighted by molar-refractivity contribution is -0.145. The molecule has 2 amide bonds. The number of hydrogen-bond acceptors (Lipinski definition) is 5. The fraction of sp³-hybridized carbons (Fsp3) is 0.296. The van der Waals surface area contributed by atoms with Crippen molar-refractivity contribution in [3.63, 3.8) is 0 Å². The highest BCUT2D eigenvalue weighted by molar-refractivity contribution is 5.92. The third kappa shape index (κ3) is 4.64. The maximum absolute atomic E-state index is 12.9. The first kappa shape index (κ1) is 22.7. The number of piperazine rings is 1. The lowest BCUT2D eigenvalue weighted by atomic mass is 10.1. The highest BCUT2D eigenvalue weighted by Crippen LogP contribution is 2.31. The van der Waals surface area contributed by atoms with Gasteiger partial charge in [0, 0.05) is 43.5 Å². The number of nitrogens with zero attached hydrogens (tertiary/aromatic N) is 4. The molecule has 2 aromatic carbocycles. The van der Waals surface area contributed by atoms with Gasteiger partial charge in [0.05, 0.1) is 11.4 Å². The maximum atomic E-state index is 12.9. The van der Waals surface area contributed by atoms with Gasteiger partial charge in [-0.25, -0.2) is 4.68 Å². The van der Waals surface area contributed by atoms with Crippen LogP contribution in [0.25, 0.3) is 11.8 Å². The predicted molar refractivity (Wildman–Crippen MR) is 132 cm³/mol. The van der Waals surface area contributed by atoms with Gasteiger partial charge in [0.1, 0.15) is 6.61 Å². The molecule has 1 unspecified atom stereocenters. The average Bonchev–Trinajstić information content (AvgIpc) is 3.20. The predicted octanol–water partition coefficient (Wildman–Crippen LogP) is 3.01. The van der Waals surface area contributed by atoms with Crippen LogP contribution in [-0.2, 0) is 9.59 Å². The maximum Gasteiger partial charge on any atom is 0.267 e. The van der Waals surface area contributed by atoms with Gasteiger partial charge in [-0.1, -0.05) is 30.3 Å². The molecular formula is C27H28N4O4. The number of aryl methyl sites for hydroxylation is 1. The van der Waals surface area contributed by atoms with E-state index < -0.39 is 6.10 Å². The quantitative estimate of drug-likeness (QED) is 0.546. The fourth-order valence-electron chi connectivity index (χ4n) is 4.47. The minimum absolute atomic E-state index is 0.0745. The highest BCUT2D eigenvalue weighted by Gasteiger charge is 2.33. The zero-order valence-corrected chi connectivity index (χ0v) is 19.9. The van der Waals surface area contributed by atoms with Gasteiger partial charge < -0.3 is 19.3 Å². The van der Waals surface area contributed by atoms with Crippen molar-refractivity contribution < 1.29 is 19.1 Å². The first-order valence-corrected chi connectivity index (χ1v) is 11.8. The molecule has 0 bridgehead atoms. The van der Waals surface area contributed by atoms with E-state index in [-0.39, 0.29) is 18.4 Å². The van der Waals surface area contributed by atoms with Gasteiger partial charge >= 0.3 is 0 Å². The number of benzene rings is 2. The van der Waals surface area contributed by atoms with Crippen molar-refractivity contribution in [2.75, 3.05) is 32.8 Å². The summed E-state index contributed by atoms with van der Waals surface area (Å²) in [6.45, 7) is 5.99. The molecule has 1 fully saturated rings. The van der Waals surface area contributed by atoms with Crippen LogP contribution in [0.5, 0.6) is 11.5 Å². The summed E-state index contributed by atoms with van der Waals surface area (Å²) in [5.74, 6) is 1.05. The van der Waals surface area contributed by atoms with Crippen LogP contribution < -0.4 is 9.47 Å². The molecule has 0 saturated carbocycles. The topological polar surface area (TPSA) is 76.9 Å². The van der Waals surface area contributed by atoms with E-state index in [4.69, 9.17) is 9.47 Å². The summed E-state index contributed by atoms with van der Waals surface area (Å²) in [7, 11) is 0. The van der Waals surface area contributed by atoms with Crippen LogP contribution >= 0.6 is 0 Å². The molecule has 2 aliphatic heterocycles. The van der Waals surface area contributed by atoms with E-state index >= 15 is 0 Å². The van der Waals surface area contributed by atoms with Gasteiger partial charge in [-0.15, -0.1) is 0 Å². The van der Waals surface area contributed by atoms with Gasteiger partial charge in [-0.3, -0.25) is 9.59 Å². The molecule has 2 aliphatic rings. The number of amides is 2. The van der Waals surface area contributed by atoms with Gasteiger partial charge in [-0.05, 0) is 44.2 Å². The Kier molecular flexibility index (Phi) is 6.27. The van der Waals surface area contributed by atoms with Crippen LogP contribution in [0.2, 0.25) is 0 Å². The minimum Gasteiger partial charge on any atom is -0.485 e. The molecule has 8 heteroatoms. The Morgan fingerprint density at radius 2 is 1.57 bits per heavy atom. The van der Waals surface area contributed by atoms with Crippen LogP contribution in [-0.4, -0.2) is 70.3 Å². The number of ether oxygens (including phenoxy) is 2. The molecule has 0 N–H and O–H groups in total. The van der Waals surface area contributed by atoms with E-state index in [2.05, 4.69) is 5.10 Å². The Bertz CT molecular complexity index is 1260. The van der Waals surface area contributed by atoms with E-state index in [0.29, 0.717) is 37.7 Å². The van der Waals surface area contributed by atoms with Crippen LogP contribution in [0, 0.1) is 13.8 Å². The molecular weight excluding hydrogens is 444 g/mol. The molecule has 0 spiro atoms. The smallest absolute Gasteiger partial charge is 0.267 e. The Morgan fingerprint density at radius 1 is 0.914 bits per heavy atom. The number of carbonyl (C=O) groups is 2. The lowest BCUT2D eigenvalue weighted by Crippen LogP contribution is -2.54. The van der Waals surface area contributed by atoms with Crippen molar-refractivity contribution in [3.8, 4) is 17.2 Å². The summed E-state index contributed by atoms with van der Waals surface area (Å²) in [4.78, 5) is 29.3. The molecule has 35 heavy (non-hydrogen) atoms. The molecule has 3 heterocycles. The second-order valence-corrected chi connectivity index (χ2v) is 8.68. The molecule has 5 rings (SSSR count). The van der Waals surface area contributed by atoms with Gasteiger partial charge in [-0.2, -0.15) is 5.10 Å². The van der Waals surface area contributed by atoms with Crippen LogP contribution in [0.15, 0.2) is 60.7 Å². The SMILES string of the molecule is Cc1nn(-c2ccccc2)c(C)c1/C=C/C(=O)N1CCN(C(=O)C2COc3ccccc3O2)CC1. The van der Waals surface area contributed by atoms with Gasteiger partial charge in [0.15, 0.2) is 11.5 Å². The fourth-order valence-corrected chi connectivity index (χ4v) is 4.47. The summed E-state index contributed by atoms with van der Waals surface area (Å²) in [5.41, 5.74) is 3.76. The third-order valence-corrected chi connectivity index (χ3v) is 6.43. The number of fused-ring (bicyclic) bond motifs is 1. The number of carbonyl (C=O) groups excluding carboxylic acids is 2. The standard InChI is InChI=1S/C27H28N4O4/c1-19-22(20(2)31(28-19)21-8-4-3-5-9-21)12-13-26(32)29-14-16-30(17-15-29)27(33)25-18-34-23-10-6-7-11-24(23)35-25/h3-13,25H,14-18H2,1-2H3/b13-12+. The molecule has 1 aromatic heterocycles. The summed E-state index contributed by atoms with van der Waals surface area (Å²) in [5, 5.41) is 4.63. The van der Waals surface area contributed by atoms with E-state index in [1.807, 2.05) is 73.1 Å². The number of para-hydroxylation sites is 3. The molecule has 8 nitrogen and oxygen atoms in total. The van der Waals surface area contributed by atoms with Crippen molar-refractivity contribution >= 4 is 17.9 Å². The largest absolute Gasteiger partial charge is 0.485 e. The second-order valence-electron chi connectivity index (χ2n) is 8.68. The van der Waals surface area contributed by atoms with Crippen LogP contribution in [0.4, 0.5) is 0 Å². The summed E-state index contributed by atoms with van der Waals surface area (Å²) in [6, 6.07) is 17.3. The van der Waals surface area contributed by atoms with Gasteiger partial charge in [0.25, 0.3) is 5.91 Å². The Labute approximate surface area is 204 Å². The minimum atomic E-state index is -0.667. The second kappa shape index (κ2) is 9.66. The van der Waals surface area contributed by atoms with E-state index in [1.54, 1.807) is 21.9 Å². The Balaban J connectivity index is 1.18. The zero-order chi connectivity index (χ0) is 24.4. The van der Waals surface area contributed by atoms with E-state index in [0.717, 1.165) is 22.6 Å². The third-order valence-electron chi connectivity index (χ3n) is 6.43. The van der Waals surface area contributed by atoms with Crippen LogP contribution in [0.3, 0.4) is 0 Å². The summed E-state index contributed by atoms with van der Waals surface area (Å²) < 4.78 is 13.4. The lowest BCUT2D eigenvalue weighted by Gasteiger charge is -2.36. The Hall–Kier alpha value is -4.07.